The number of fused-ring (bicyclic) bond motifs is 2. The van der Waals surface area contributed by atoms with E-state index >= 15 is 0 Å². The van der Waals surface area contributed by atoms with E-state index in [1.54, 1.807) is 17.4 Å². The van der Waals surface area contributed by atoms with Gasteiger partial charge in [0.2, 0.25) is 0 Å². The van der Waals surface area contributed by atoms with Crippen LogP contribution in [0.2, 0.25) is 0 Å². The van der Waals surface area contributed by atoms with Gasteiger partial charge in [-0.3, -0.25) is 4.90 Å². The normalized spacial score (nSPS) is 20.0. The molecule has 2 aromatic carbocycles. The summed E-state index contributed by atoms with van der Waals surface area (Å²) < 4.78 is 27.0. The van der Waals surface area contributed by atoms with Gasteiger partial charge >= 0.3 is 6.09 Å². The lowest BCUT2D eigenvalue weighted by molar-refractivity contribution is 0.133. The number of nitrogens with one attached hydrogen (secondary N) is 1. The molecule has 3 aliphatic rings. The summed E-state index contributed by atoms with van der Waals surface area (Å²) in [5, 5.41) is 4.41. The van der Waals surface area contributed by atoms with Crippen LogP contribution in [0.5, 0.6) is 11.5 Å². The minimum atomic E-state index is -0.486. The fraction of sp³-hybridized carbons (Fsp3) is 0.267. The molecule has 1 aromatic heterocycles. The molecule has 7 nitrogen and oxygen atoms in total. The number of aryl methyl sites for hydroxylation is 1. The molecule has 1 amide bonds. The zero-order valence-electron chi connectivity index (χ0n) is 21.2. The molecule has 6 rings (SSSR count). The Bertz CT molecular complexity index is 1430. The minimum absolute atomic E-state index is 0.188. The van der Waals surface area contributed by atoms with Gasteiger partial charge in [-0.1, -0.05) is 23.7 Å². The Hall–Kier alpha value is -4.04. The first kappa shape index (κ1) is 25.2. The third-order valence-electron chi connectivity index (χ3n) is 7.31. The second-order valence-corrected chi connectivity index (χ2v) is 10.3. The van der Waals surface area contributed by atoms with Gasteiger partial charge in [0.15, 0.2) is 0 Å². The fourth-order valence-corrected chi connectivity index (χ4v) is 5.64. The van der Waals surface area contributed by atoms with E-state index in [0.717, 1.165) is 47.1 Å². The molecule has 0 saturated heterocycles. The Labute approximate surface area is 231 Å². The summed E-state index contributed by atoms with van der Waals surface area (Å²) in [5.74, 6) is 0.865. The van der Waals surface area contributed by atoms with Gasteiger partial charge in [-0.05, 0) is 78.9 Å². The number of hydrogen-bond donors (Lipinski definition) is 1. The lowest BCUT2D eigenvalue weighted by atomic mass is 9.85. The highest BCUT2D eigenvalue weighted by molar-refractivity contribution is 6.29. The lowest BCUT2D eigenvalue weighted by Gasteiger charge is -2.36. The van der Waals surface area contributed by atoms with Gasteiger partial charge in [0, 0.05) is 47.8 Å². The number of allylic oxidation sites excluding steroid dienone is 4. The highest BCUT2D eigenvalue weighted by Crippen LogP contribution is 2.47. The molecule has 0 spiro atoms. The maximum Gasteiger partial charge on any atom is 0.416 e. The third kappa shape index (κ3) is 5.43. The Morgan fingerprint density at radius 2 is 1.90 bits per heavy atom. The molecule has 9 heteroatoms. The molecule has 0 saturated carbocycles. The lowest BCUT2D eigenvalue weighted by Crippen LogP contribution is -2.42. The van der Waals surface area contributed by atoms with Gasteiger partial charge in [0.05, 0.1) is 12.9 Å². The molecular formula is C30H28ClFN4O3. The van der Waals surface area contributed by atoms with Crippen molar-refractivity contribution in [3.05, 3.63) is 113 Å². The molecule has 2 atom stereocenters. The van der Waals surface area contributed by atoms with E-state index in [0.29, 0.717) is 25.3 Å². The van der Waals surface area contributed by atoms with Gasteiger partial charge in [-0.25, -0.2) is 14.2 Å². The minimum Gasteiger partial charge on any atom is -0.494 e. The van der Waals surface area contributed by atoms with Crippen LogP contribution in [0.1, 0.15) is 30.9 Å². The monoisotopic (exact) mass is 546 g/mol. The fourth-order valence-electron chi connectivity index (χ4n) is 5.42. The molecule has 1 N–H and O–H groups in total. The molecule has 0 bridgehead atoms. The van der Waals surface area contributed by atoms with E-state index in [4.69, 9.17) is 21.1 Å². The molecule has 0 radical (unpaired) electrons. The van der Waals surface area contributed by atoms with Crippen LogP contribution in [0.3, 0.4) is 0 Å². The van der Waals surface area contributed by atoms with Crippen molar-refractivity contribution in [1.29, 1.82) is 0 Å². The van der Waals surface area contributed by atoms with E-state index in [-0.39, 0.29) is 17.8 Å². The zero-order valence-corrected chi connectivity index (χ0v) is 22.0. The number of ether oxygens (including phenoxy) is 2. The van der Waals surface area contributed by atoms with E-state index in [1.807, 2.05) is 47.2 Å². The van der Waals surface area contributed by atoms with Crippen molar-refractivity contribution >= 4 is 17.7 Å². The summed E-state index contributed by atoms with van der Waals surface area (Å²) in [6.45, 7) is 1.91. The summed E-state index contributed by atoms with van der Waals surface area (Å²) in [7, 11) is 0. The third-order valence-corrected chi connectivity index (χ3v) is 7.59. The van der Waals surface area contributed by atoms with Crippen molar-refractivity contribution in [2.24, 2.45) is 5.92 Å². The van der Waals surface area contributed by atoms with Gasteiger partial charge in [-0.2, -0.15) is 0 Å². The van der Waals surface area contributed by atoms with E-state index in [9.17, 15) is 9.18 Å². The second-order valence-electron chi connectivity index (χ2n) is 9.80. The molecule has 39 heavy (non-hydrogen) atoms. The average molecular weight is 547 g/mol. The largest absolute Gasteiger partial charge is 0.494 e. The quantitative estimate of drug-likeness (QED) is 0.351. The summed E-state index contributed by atoms with van der Waals surface area (Å²) >= 11 is 6.38. The van der Waals surface area contributed by atoms with Crippen LogP contribution in [0.25, 0.3) is 0 Å². The van der Waals surface area contributed by atoms with Crippen molar-refractivity contribution in [3.63, 3.8) is 0 Å². The van der Waals surface area contributed by atoms with Crippen LogP contribution in [-0.2, 0) is 6.54 Å². The smallest absolute Gasteiger partial charge is 0.416 e. The Balaban J connectivity index is 1.22. The number of benzene rings is 2. The SMILES string of the molecule is O=C(Oc1ccc(F)cc1)N1CCC2=C(NC3=CC=C(Cl)CC32)C1c1ccc(OCCCn2ccnc2)cc1. The molecule has 2 aliphatic heterocycles. The van der Waals surface area contributed by atoms with Crippen LogP contribution in [0.4, 0.5) is 9.18 Å². The van der Waals surface area contributed by atoms with Gasteiger partial charge in [0.1, 0.15) is 23.4 Å². The summed E-state index contributed by atoms with van der Waals surface area (Å²) in [4.78, 5) is 19.2. The summed E-state index contributed by atoms with van der Waals surface area (Å²) in [6, 6.07) is 12.9. The van der Waals surface area contributed by atoms with Crippen molar-refractivity contribution in [3.8, 4) is 11.5 Å². The number of carbonyl (C=O) groups is 1. The number of carbonyl (C=O) groups excluding carboxylic acids is 1. The number of hydrogen-bond acceptors (Lipinski definition) is 5. The molecule has 2 unspecified atom stereocenters. The number of imidazole rings is 1. The first-order valence-electron chi connectivity index (χ1n) is 13.0. The van der Waals surface area contributed by atoms with Crippen LogP contribution < -0.4 is 14.8 Å². The predicted octanol–water partition coefficient (Wildman–Crippen LogP) is 6.32. The topological polar surface area (TPSA) is 68.6 Å². The number of nitrogens with zero attached hydrogens (tertiary/aromatic N) is 3. The van der Waals surface area contributed by atoms with Crippen molar-refractivity contribution in [1.82, 2.24) is 19.8 Å². The van der Waals surface area contributed by atoms with Gasteiger partial charge < -0.3 is 19.4 Å². The van der Waals surface area contributed by atoms with E-state index < -0.39 is 6.09 Å². The molecule has 200 valence electrons. The van der Waals surface area contributed by atoms with Gasteiger partial charge in [-0.15, -0.1) is 0 Å². The molecule has 0 fully saturated rings. The molecule has 1 aliphatic carbocycles. The predicted molar refractivity (Wildman–Crippen MR) is 146 cm³/mol. The Morgan fingerprint density at radius 3 is 2.67 bits per heavy atom. The van der Waals surface area contributed by atoms with Gasteiger partial charge in [0.25, 0.3) is 0 Å². The Morgan fingerprint density at radius 1 is 1.10 bits per heavy atom. The highest BCUT2D eigenvalue weighted by Gasteiger charge is 2.42. The first-order valence-corrected chi connectivity index (χ1v) is 13.4. The zero-order chi connectivity index (χ0) is 26.8. The Kier molecular flexibility index (Phi) is 7.11. The molecule has 3 aromatic rings. The van der Waals surface area contributed by atoms with Crippen molar-refractivity contribution in [2.45, 2.75) is 31.8 Å². The van der Waals surface area contributed by atoms with Crippen molar-refractivity contribution < 1.29 is 18.7 Å². The summed E-state index contributed by atoms with van der Waals surface area (Å²) in [5.41, 5.74) is 4.29. The highest BCUT2D eigenvalue weighted by atomic mass is 35.5. The van der Waals surface area contributed by atoms with Crippen LogP contribution in [0.15, 0.2) is 101 Å². The number of rotatable bonds is 7. The maximum atomic E-state index is 13.4. The number of amides is 1. The average Bonchev–Trinajstić information content (AvgIpc) is 3.60. The molecular weight excluding hydrogens is 519 g/mol. The van der Waals surface area contributed by atoms with E-state index in [2.05, 4.69) is 10.3 Å². The van der Waals surface area contributed by atoms with E-state index in [1.165, 1.54) is 29.8 Å². The maximum absolute atomic E-state index is 13.4. The van der Waals surface area contributed by atoms with Crippen LogP contribution in [0, 0.1) is 11.7 Å². The van der Waals surface area contributed by atoms with Crippen LogP contribution >= 0.6 is 11.6 Å². The number of aromatic nitrogens is 2. The first-order chi connectivity index (χ1) is 19.0. The molecule has 3 heterocycles. The van der Waals surface area contributed by atoms with Crippen LogP contribution in [-0.4, -0.2) is 33.7 Å². The second kappa shape index (κ2) is 11.0. The summed E-state index contributed by atoms with van der Waals surface area (Å²) in [6.07, 6.45) is 11.3. The standard InChI is InChI=1S/C30H28ClFN4O3/c31-21-4-11-27-26(18-21)25-12-15-36(30(37)39-24-9-5-22(32)6-10-24)29(28(25)34-27)20-2-7-23(8-3-20)38-17-1-14-35-16-13-33-19-35/h2-11,13,16,19,26,29,34H,1,12,14-15,17-18H2. The van der Waals surface area contributed by atoms with Crippen molar-refractivity contribution in [2.75, 3.05) is 13.2 Å². The number of halogens is 2.